The highest BCUT2D eigenvalue weighted by Gasteiger charge is 2.30. The predicted octanol–water partition coefficient (Wildman–Crippen LogP) is 3.63. The Hall–Kier alpha value is -3.39. The molecule has 7 nitrogen and oxygen atoms in total. The van der Waals surface area contributed by atoms with E-state index in [-0.39, 0.29) is 39.4 Å². The number of sulfonamides is 1. The summed E-state index contributed by atoms with van der Waals surface area (Å²) in [5, 5.41) is 3.92. The van der Waals surface area contributed by atoms with E-state index in [1.165, 1.54) is 42.5 Å². The van der Waals surface area contributed by atoms with Crippen molar-refractivity contribution in [3.05, 3.63) is 77.1 Å². The van der Waals surface area contributed by atoms with Crippen molar-refractivity contribution >= 4 is 33.0 Å². The zero-order chi connectivity index (χ0) is 22.8. The number of hydrogen-bond acceptors (Lipinski definition) is 6. The van der Waals surface area contributed by atoms with E-state index in [0.29, 0.717) is 11.3 Å². The van der Waals surface area contributed by atoms with Gasteiger partial charge in [-0.05, 0) is 62.3 Å². The number of ketones is 2. The molecule has 0 bridgehead atoms. The summed E-state index contributed by atoms with van der Waals surface area (Å²) in [5.41, 5.74) is 2.01. The average molecular weight is 439 g/mol. The van der Waals surface area contributed by atoms with Crippen molar-refractivity contribution in [3.8, 4) is 0 Å². The average Bonchev–Trinajstić information content (AvgIpc) is 2.71. The maximum Gasteiger partial charge on any atom is 0.282 e. The first-order chi connectivity index (χ1) is 14.6. The maximum atomic E-state index is 12.9. The van der Waals surface area contributed by atoms with E-state index >= 15 is 0 Å². The largest absolute Gasteiger partial charge is 0.352 e. The summed E-state index contributed by atoms with van der Waals surface area (Å²) in [5.74, 6) is -0.853. The first-order valence-corrected chi connectivity index (χ1v) is 11.1. The maximum absolute atomic E-state index is 12.9. The summed E-state index contributed by atoms with van der Waals surface area (Å²) in [7, 11) is -3.99. The van der Waals surface area contributed by atoms with E-state index in [9.17, 15) is 18.0 Å². The summed E-state index contributed by atoms with van der Waals surface area (Å²) in [6.07, 6.45) is 7.05. The van der Waals surface area contributed by atoms with Crippen LogP contribution in [-0.2, 0) is 24.4 Å². The molecule has 0 fully saturated rings. The number of oxime groups is 1. The van der Waals surface area contributed by atoms with Gasteiger partial charge in [0.15, 0.2) is 5.78 Å². The molecule has 1 aromatic carbocycles. The van der Waals surface area contributed by atoms with Gasteiger partial charge in [-0.3, -0.25) is 9.59 Å². The van der Waals surface area contributed by atoms with Crippen molar-refractivity contribution in [2.24, 2.45) is 15.5 Å². The fourth-order valence-corrected chi connectivity index (χ4v) is 3.90. The Morgan fingerprint density at radius 2 is 1.55 bits per heavy atom. The van der Waals surface area contributed by atoms with Gasteiger partial charge in [0.2, 0.25) is 11.5 Å². The Morgan fingerprint density at radius 1 is 0.935 bits per heavy atom. The van der Waals surface area contributed by atoms with Gasteiger partial charge < -0.3 is 4.84 Å². The second-order valence-corrected chi connectivity index (χ2v) is 9.08. The molecule has 0 radical (unpaired) electrons. The molecule has 3 rings (SSSR count). The molecule has 0 aliphatic heterocycles. The number of benzene rings is 1. The van der Waals surface area contributed by atoms with Crippen LogP contribution in [-0.4, -0.2) is 31.4 Å². The molecule has 0 N–H and O–H groups in total. The SMILES string of the molecule is CC1=C(ON=C2C=CC(=O)C=C2)C(=O)C(C(C)C)=CC1=NS(=O)(=O)c1ccc(C)cc1. The molecule has 0 spiro atoms. The van der Waals surface area contributed by atoms with Gasteiger partial charge in [0.05, 0.1) is 10.6 Å². The first-order valence-electron chi connectivity index (χ1n) is 9.63. The fraction of sp³-hybridized carbons (Fsp3) is 0.217. The molecule has 2 aliphatic rings. The second-order valence-electron chi connectivity index (χ2n) is 7.48. The third-order valence-electron chi connectivity index (χ3n) is 4.72. The number of nitrogens with zero attached hydrogens (tertiary/aromatic N) is 2. The van der Waals surface area contributed by atoms with E-state index in [1.807, 2.05) is 20.8 Å². The molecule has 0 unspecified atom stereocenters. The number of carbonyl (C=O) groups is 2. The minimum atomic E-state index is -3.99. The van der Waals surface area contributed by atoms with Crippen molar-refractivity contribution < 1.29 is 22.8 Å². The number of Topliss-reactive ketones (excluding diaryl/α,β-unsaturated/α-hetero) is 1. The van der Waals surface area contributed by atoms with Gasteiger partial charge in [-0.2, -0.15) is 12.8 Å². The van der Waals surface area contributed by atoms with Gasteiger partial charge >= 0.3 is 0 Å². The Balaban J connectivity index is 2.04. The molecule has 160 valence electrons. The molecule has 31 heavy (non-hydrogen) atoms. The standard InChI is InChI=1S/C23H22N2O5S/c1-14(2)20-13-21(25-31(28,29)19-11-5-15(3)6-12-19)16(4)23(22(20)27)30-24-17-7-9-18(26)10-8-17/h5-14H,1-4H3. The molecule has 0 aromatic heterocycles. The molecule has 0 atom stereocenters. The lowest BCUT2D eigenvalue weighted by Crippen LogP contribution is -2.23. The zero-order valence-electron chi connectivity index (χ0n) is 17.6. The van der Waals surface area contributed by atoms with Crippen LogP contribution in [0.15, 0.2) is 86.0 Å². The zero-order valence-corrected chi connectivity index (χ0v) is 18.4. The predicted molar refractivity (Wildman–Crippen MR) is 118 cm³/mol. The summed E-state index contributed by atoms with van der Waals surface area (Å²) in [4.78, 5) is 29.6. The molecular weight excluding hydrogens is 416 g/mol. The van der Waals surface area contributed by atoms with Gasteiger partial charge in [-0.1, -0.05) is 36.7 Å². The van der Waals surface area contributed by atoms with E-state index < -0.39 is 10.0 Å². The van der Waals surface area contributed by atoms with Crippen LogP contribution in [0.25, 0.3) is 0 Å². The molecule has 1 aromatic rings. The van der Waals surface area contributed by atoms with E-state index in [2.05, 4.69) is 9.55 Å². The summed E-state index contributed by atoms with van der Waals surface area (Å²) >= 11 is 0. The third-order valence-corrected chi connectivity index (χ3v) is 6.03. The highest BCUT2D eigenvalue weighted by molar-refractivity contribution is 7.90. The molecule has 8 heteroatoms. The third kappa shape index (κ3) is 5.03. The van der Waals surface area contributed by atoms with Crippen LogP contribution in [0.5, 0.6) is 0 Å². The van der Waals surface area contributed by atoms with Gasteiger partial charge in [0.1, 0.15) is 5.71 Å². The number of rotatable bonds is 5. The van der Waals surface area contributed by atoms with E-state index in [4.69, 9.17) is 4.84 Å². The van der Waals surface area contributed by atoms with Crippen LogP contribution in [0, 0.1) is 12.8 Å². The fourth-order valence-electron chi connectivity index (χ4n) is 2.87. The Labute approximate surface area is 181 Å². The van der Waals surface area contributed by atoms with Crippen LogP contribution in [0.3, 0.4) is 0 Å². The van der Waals surface area contributed by atoms with Crippen molar-refractivity contribution in [3.63, 3.8) is 0 Å². The lowest BCUT2D eigenvalue weighted by atomic mass is 9.89. The molecule has 0 amide bonds. The Bertz CT molecular complexity index is 1210. The molecule has 0 saturated heterocycles. The number of carbonyl (C=O) groups excluding carboxylic acids is 2. The van der Waals surface area contributed by atoms with E-state index in [1.54, 1.807) is 19.1 Å². The summed E-state index contributed by atoms with van der Waals surface area (Å²) in [6.45, 7) is 7.05. The van der Waals surface area contributed by atoms with Gasteiger partial charge in [0, 0.05) is 11.1 Å². The number of hydrogen-bond donors (Lipinski definition) is 0. The Kier molecular flexibility index (Phi) is 6.31. The topological polar surface area (TPSA) is 102 Å². The van der Waals surface area contributed by atoms with Crippen LogP contribution < -0.4 is 0 Å². The minimum Gasteiger partial charge on any atom is -0.352 e. The normalized spacial score (nSPS) is 18.2. The molecule has 2 aliphatic carbocycles. The lowest BCUT2D eigenvalue weighted by Gasteiger charge is -2.19. The molecule has 0 heterocycles. The number of aryl methyl sites for hydroxylation is 1. The van der Waals surface area contributed by atoms with Gasteiger partial charge in [-0.15, -0.1) is 0 Å². The van der Waals surface area contributed by atoms with Gasteiger partial charge in [0.25, 0.3) is 10.0 Å². The highest BCUT2D eigenvalue weighted by atomic mass is 32.2. The first kappa shape index (κ1) is 22.3. The number of allylic oxidation sites excluding steroid dienone is 7. The van der Waals surface area contributed by atoms with Crippen molar-refractivity contribution in [1.82, 2.24) is 0 Å². The Morgan fingerprint density at radius 3 is 2.13 bits per heavy atom. The van der Waals surface area contributed by atoms with Crippen LogP contribution in [0.2, 0.25) is 0 Å². The van der Waals surface area contributed by atoms with E-state index in [0.717, 1.165) is 5.56 Å². The van der Waals surface area contributed by atoms with Crippen molar-refractivity contribution in [2.45, 2.75) is 32.6 Å². The monoisotopic (exact) mass is 438 g/mol. The van der Waals surface area contributed by atoms with Crippen molar-refractivity contribution in [1.29, 1.82) is 0 Å². The molecule has 0 saturated carbocycles. The molecular formula is C23H22N2O5S. The quantitative estimate of drug-likeness (QED) is 0.516. The van der Waals surface area contributed by atoms with Crippen LogP contribution >= 0.6 is 0 Å². The van der Waals surface area contributed by atoms with Crippen LogP contribution in [0.1, 0.15) is 26.3 Å². The summed E-state index contributed by atoms with van der Waals surface area (Å²) < 4.78 is 29.6. The highest BCUT2D eigenvalue weighted by Crippen LogP contribution is 2.27. The smallest absolute Gasteiger partial charge is 0.282 e. The lowest BCUT2D eigenvalue weighted by molar-refractivity contribution is -0.116. The second kappa shape index (κ2) is 8.77. The van der Waals surface area contributed by atoms with Crippen LogP contribution in [0.4, 0.5) is 0 Å². The van der Waals surface area contributed by atoms with Gasteiger partial charge in [-0.25, -0.2) is 0 Å². The minimum absolute atomic E-state index is 0.0552. The summed E-state index contributed by atoms with van der Waals surface area (Å²) in [6, 6.07) is 6.36. The van der Waals surface area contributed by atoms with Crippen molar-refractivity contribution in [2.75, 3.05) is 0 Å².